The van der Waals surface area contributed by atoms with E-state index in [1.807, 2.05) is 65.6 Å². The van der Waals surface area contributed by atoms with Crippen molar-refractivity contribution in [2.24, 2.45) is 28.8 Å². The molecule has 12 heteroatoms. The lowest BCUT2D eigenvalue weighted by Gasteiger charge is -2.60. The van der Waals surface area contributed by atoms with Crippen LogP contribution < -0.4 is 18.9 Å². The van der Waals surface area contributed by atoms with Crippen molar-refractivity contribution in [2.75, 3.05) is 33.2 Å². The molecule has 6 aliphatic rings. The Bertz CT molecular complexity index is 2520. The third-order valence-electron chi connectivity index (χ3n) is 16.0. The smallest absolute Gasteiger partial charge is 0.239 e. The number of aliphatic hydroxyl groups is 2. The molecular formula is C60H72N2O10. The van der Waals surface area contributed by atoms with E-state index in [0.29, 0.717) is 67.0 Å². The summed E-state index contributed by atoms with van der Waals surface area (Å²) in [6.07, 6.45) is 17.2. The van der Waals surface area contributed by atoms with Gasteiger partial charge in [-0.2, -0.15) is 0 Å². The van der Waals surface area contributed by atoms with Gasteiger partial charge >= 0.3 is 0 Å². The van der Waals surface area contributed by atoms with Gasteiger partial charge in [-0.25, -0.2) is 0 Å². The molecule has 4 aromatic rings. The number of oxime groups is 1. The molecule has 4 aromatic carbocycles. The van der Waals surface area contributed by atoms with Crippen LogP contribution in [0.15, 0.2) is 120 Å². The van der Waals surface area contributed by atoms with Crippen LogP contribution in [0.25, 0.3) is 11.1 Å². The number of benzene rings is 4. The number of nitrogens with zero attached hydrogens (tertiary/aromatic N) is 2. The van der Waals surface area contributed by atoms with E-state index in [0.717, 1.165) is 97.7 Å². The third kappa shape index (κ3) is 11.0. The summed E-state index contributed by atoms with van der Waals surface area (Å²) in [6.45, 7) is 5.56. The van der Waals surface area contributed by atoms with E-state index in [-0.39, 0.29) is 56.8 Å². The van der Waals surface area contributed by atoms with Crippen molar-refractivity contribution in [3.05, 3.63) is 126 Å². The predicted molar refractivity (Wildman–Crippen MR) is 276 cm³/mol. The highest BCUT2D eigenvalue weighted by molar-refractivity contribution is 6.03. The summed E-state index contributed by atoms with van der Waals surface area (Å²) in [7, 11) is 0. The second kappa shape index (κ2) is 23.5. The van der Waals surface area contributed by atoms with Crippen LogP contribution in [0.2, 0.25) is 0 Å². The number of rotatable bonds is 22. The summed E-state index contributed by atoms with van der Waals surface area (Å²) in [5.41, 5.74) is 5.87. The van der Waals surface area contributed by atoms with Gasteiger partial charge < -0.3 is 48.4 Å². The van der Waals surface area contributed by atoms with Gasteiger partial charge in [-0.3, -0.25) is 4.79 Å². The number of fused-ring (bicyclic) bond motifs is 3. The molecule has 10 rings (SSSR count). The van der Waals surface area contributed by atoms with Crippen LogP contribution in [0.3, 0.4) is 0 Å². The highest BCUT2D eigenvalue weighted by atomic mass is 16.8. The summed E-state index contributed by atoms with van der Waals surface area (Å²) in [5, 5.41) is 25.3. The molecule has 1 unspecified atom stereocenters. The van der Waals surface area contributed by atoms with E-state index >= 15 is 4.79 Å². The lowest BCUT2D eigenvalue weighted by atomic mass is 9.55. The molecule has 3 heterocycles. The Morgan fingerprint density at radius 1 is 0.806 bits per heavy atom. The van der Waals surface area contributed by atoms with Gasteiger partial charge in [0.2, 0.25) is 24.8 Å². The molecule has 7 atom stereocenters. The van der Waals surface area contributed by atoms with Crippen molar-refractivity contribution in [3.8, 4) is 39.9 Å². The lowest BCUT2D eigenvalue weighted by molar-refractivity contribution is -0.258. The van der Waals surface area contributed by atoms with Crippen molar-refractivity contribution in [1.82, 2.24) is 4.90 Å². The Kier molecular flexibility index (Phi) is 16.3. The van der Waals surface area contributed by atoms with E-state index in [1.54, 1.807) is 6.08 Å². The van der Waals surface area contributed by atoms with Crippen LogP contribution in [0.5, 0.6) is 28.7 Å². The van der Waals surface area contributed by atoms with E-state index in [4.69, 9.17) is 38.4 Å². The van der Waals surface area contributed by atoms with Crippen LogP contribution in [0.1, 0.15) is 120 Å². The zero-order chi connectivity index (χ0) is 49.3. The van der Waals surface area contributed by atoms with Crippen molar-refractivity contribution in [1.29, 1.82) is 0 Å². The number of carbonyl (C=O) groups is 1. The molecule has 3 aliphatic carbocycles. The van der Waals surface area contributed by atoms with Gasteiger partial charge in [0.1, 0.15) is 23.3 Å². The number of unbranched alkanes of at least 4 members (excludes halogenated alkanes) is 2. The number of ether oxygens (including phenoxy) is 6. The number of amides is 1. The second-order valence-corrected chi connectivity index (χ2v) is 20.6. The van der Waals surface area contributed by atoms with Gasteiger partial charge in [0, 0.05) is 50.5 Å². The lowest BCUT2D eigenvalue weighted by Crippen LogP contribution is -2.70. The van der Waals surface area contributed by atoms with Gasteiger partial charge in [0.25, 0.3) is 0 Å². The molecule has 0 spiro atoms. The van der Waals surface area contributed by atoms with Crippen LogP contribution in [-0.2, 0) is 25.7 Å². The van der Waals surface area contributed by atoms with Crippen molar-refractivity contribution in [2.45, 2.75) is 133 Å². The molecule has 0 radical (unpaired) electrons. The van der Waals surface area contributed by atoms with Gasteiger partial charge in [-0.1, -0.05) is 104 Å². The molecule has 1 saturated heterocycles. The van der Waals surface area contributed by atoms with Gasteiger partial charge in [0.15, 0.2) is 11.5 Å². The quantitative estimate of drug-likeness (QED) is 0.0445. The van der Waals surface area contributed by atoms with Crippen molar-refractivity contribution < 1.29 is 48.3 Å². The number of aliphatic hydroxyl groups excluding tert-OH is 2. The first kappa shape index (κ1) is 49.9. The van der Waals surface area contributed by atoms with Crippen molar-refractivity contribution in [3.63, 3.8) is 0 Å². The maximum atomic E-state index is 15.5. The summed E-state index contributed by atoms with van der Waals surface area (Å²) in [4.78, 5) is 23.9. The Hall–Kier alpha value is -5.66. The molecule has 0 aromatic heterocycles. The molecule has 1 amide bonds. The first-order chi connectivity index (χ1) is 35.4. The predicted octanol–water partition coefficient (Wildman–Crippen LogP) is 12.0. The van der Waals surface area contributed by atoms with Crippen molar-refractivity contribution >= 4 is 11.6 Å². The summed E-state index contributed by atoms with van der Waals surface area (Å²) >= 11 is 0. The maximum absolute atomic E-state index is 15.5. The largest absolute Gasteiger partial charge is 0.459 e. The molecule has 3 aliphatic heterocycles. The molecule has 3 fully saturated rings. The van der Waals surface area contributed by atoms with E-state index in [9.17, 15) is 10.2 Å². The van der Waals surface area contributed by atoms with E-state index in [1.165, 1.54) is 12.8 Å². The average molecular weight is 981 g/mol. The maximum Gasteiger partial charge on any atom is 0.239 e. The Balaban J connectivity index is 1.12. The normalized spacial score (nSPS) is 25.8. The Morgan fingerprint density at radius 2 is 1.56 bits per heavy atom. The average Bonchev–Trinajstić information content (AvgIpc) is 4.13. The van der Waals surface area contributed by atoms with Crippen LogP contribution >= 0.6 is 0 Å². The minimum absolute atomic E-state index is 0.0274. The SMILES string of the molecule is C=CCO[C@@]12Oc3ccc(Oc4ccc(-c5ccccc5)cc4)cc3[C@H]3[C@H](CCCCO)[C@@H](CCCCO)C=C(C(=NOC4CCCCO4)C[C@@H]1N(Cc1ccc4c(c1)OCO4)C(=O)CCC1CCCC1)[C@H]32. The first-order valence-corrected chi connectivity index (χ1v) is 26.8. The molecule has 382 valence electrons. The molecule has 0 bridgehead atoms. The van der Waals surface area contributed by atoms with Crippen LogP contribution in [0, 0.1) is 23.7 Å². The minimum atomic E-state index is -1.40. The number of allylic oxidation sites excluding steroid dienone is 1. The summed E-state index contributed by atoms with van der Waals surface area (Å²) in [6, 6.07) is 29.8. The Morgan fingerprint density at radius 3 is 2.33 bits per heavy atom. The standard InChI is InChI=1S/C60H72N2O10/c1-2-33-69-60-55(62(56(65)30-22-41-14-6-7-15-41)39-42-21-28-53-54(35-42)68-40-67-53)38-51(61-72-57-20-10-13-34-66-57)49-36-45(18-8-11-31-63)48(19-9-12-32-64)58(59(49)60)50-37-47(27-29-52(50)71-60)70-46-25-23-44(24-26-46)43-16-4-3-5-17-43/h2-5,16-17,21,23-29,35-37,41,45,48,55,57-59,63-64H,1,6-15,18-20,22,30-34,38-40H2/t45-,48+,55-,57?,58+,59+,60+/m0/s1. The van der Waals surface area contributed by atoms with E-state index < -0.39 is 24.0 Å². The highest BCUT2D eigenvalue weighted by Gasteiger charge is 2.65. The number of carbonyl (C=O) groups excluding carboxylic acids is 1. The molecule has 2 saturated carbocycles. The highest BCUT2D eigenvalue weighted by Crippen LogP contribution is 2.62. The molecule has 12 nitrogen and oxygen atoms in total. The summed E-state index contributed by atoms with van der Waals surface area (Å²) < 4.78 is 39.4. The molecule has 2 N–H and O–H groups in total. The number of hydrogen-bond acceptors (Lipinski definition) is 11. The van der Waals surface area contributed by atoms with Gasteiger partial charge in [-0.05, 0) is 127 Å². The monoisotopic (exact) mass is 981 g/mol. The zero-order valence-electron chi connectivity index (χ0n) is 41.7. The van der Waals surface area contributed by atoms with E-state index in [2.05, 4.69) is 43.0 Å². The first-order valence-electron chi connectivity index (χ1n) is 26.8. The summed E-state index contributed by atoms with van der Waals surface area (Å²) in [5.74, 6) is 1.99. The van der Waals surface area contributed by atoms with Gasteiger partial charge in [0.05, 0.1) is 24.8 Å². The van der Waals surface area contributed by atoms with Crippen LogP contribution in [0.4, 0.5) is 0 Å². The minimum Gasteiger partial charge on any atom is -0.459 e. The fourth-order valence-electron chi connectivity index (χ4n) is 12.5. The molecule has 72 heavy (non-hydrogen) atoms. The fraction of sp³-hybridized carbons (Fsp3) is 0.500. The fourth-order valence-corrected chi connectivity index (χ4v) is 12.5. The topological polar surface area (TPSA) is 138 Å². The van der Waals surface area contributed by atoms with Crippen LogP contribution in [-0.4, -0.2) is 78.1 Å². The number of hydrogen-bond donors (Lipinski definition) is 2. The third-order valence-corrected chi connectivity index (χ3v) is 16.0. The Labute approximate surface area is 424 Å². The second-order valence-electron chi connectivity index (χ2n) is 20.6. The van der Waals surface area contributed by atoms with Gasteiger partial charge in [-0.15, -0.1) is 6.58 Å². The molecular weight excluding hydrogens is 909 g/mol. The zero-order valence-corrected chi connectivity index (χ0v) is 41.7.